The van der Waals surface area contributed by atoms with Gasteiger partial charge in [0.1, 0.15) is 11.3 Å². The van der Waals surface area contributed by atoms with Crippen LogP contribution in [-0.2, 0) is 0 Å². The van der Waals surface area contributed by atoms with Gasteiger partial charge < -0.3 is 14.4 Å². The van der Waals surface area contributed by atoms with Crippen LogP contribution in [0.4, 0.5) is 0 Å². The van der Waals surface area contributed by atoms with Crippen molar-refractivity contribution in [3.8, 4) is 0 Å². The van der Waals surface area contributed by atoms with E-state index < -0.39 is 0 Å². The topological polar surface area (TPSA) is 77.1 Å². The van der Waals surface area contributed by atoms with E-state index in [1.165, 1.54) is 0 Å². The lowest BCUT2D eigenvalue weighted by atomic mass is 10.0. The van der Waals surface area contributed by atoms with Crippen LogP contribution in [0.15, 0.2) is 21.6 Å². The van der Waals surface area contributed by atoms with Gasteiger partial charge in [0.25, 0.3) is 5.91 Å². The van der Waals surface area contributed by atoms with Crippen LogP contribution in [0.5, 0.6) is 0 Å². The molecule has 1 aliphatic carbocycles. The molecule has 1 aliphatic rings. The summed E-state index contributed by atoms with van der Waals surface area (Å²) in [4.78, 5) is 24.9. The molecule has 0 aliphatic heterocycles. The fourth-order valence-corrected chi connectivity index (χ4v) is 3.17. The minimum absolute atomic E-state index is 0.192. The van der Waals surface area contributed by atoms with Gasteiger partial charge in [0.2, 0.25) is 0 Å². The molecule has 1 atom stereocenters. The van der Waals surface area contributed by atoms with Crippen LogP contribution in [0.3, 0.4) is 0 Å². The Morgan fingerprint density at radius 3 is 2.67 bits per heavy atom. The predicted molar refractivity (Wildman–Crippen MR) is 90.2 cm³/mol. The van der Waals surface area contributed by atoms with Crippen LogP contribution in [0.2, 0.25) is 0 Å². The summed E-state index contributed by atoms with van der Waals surface area (Å²) < 4.78 is 7.23. The van der Waals surface area contributed by atoms with Gasteiger partial charge in [-0.15, -0.1) is 0 Å². The highest BCUT2D eigenvalue weighted by molar-refractivity contribution is 5.94. The van der Waals surface area contributed by atoms with Crippen molar-refractivity contribution in [1.29, 1.82) is 0 Å². The smallest absolute Gasteiger partial charge is 0.257 e. The summed E-state index contributed by atoms with van der Waals surface area (Å²) in [6.45, 7) is 7.57. The molecule has 1 fully saturated rings. The lowest BCUT2D eigenvalue weighted by molar-refractivity contribution is 0.0933. The second-order valence-electron chi connectivity index (χ2n) is 6.50. The third-order valence-corrected chi connectivity index (χ3v) is 4.62. The first kappa shape index (κ1) is 16.5. The number of carbonyl (C=O) groups is 1. The molecule has 0 unspecified atom stereocenters. The number of hydrogen-bond donors (Lipinski definition) is 1. The van der Waals surface area contributed by atoms with E-state index in [9.17, 15) is 9.59 Å². The molecular formula is C18H23N3O3. The molecule has 1 saturated carbocycles. The van der Waals surface area contributed by atoms with E-state index in [1.54, 1.807) is 12.3 Å². The second-order valence-corrected chi connectivity index (χ2v) is 6.50. The standard InChI is InChI=1S/C18H23N3O3/c1-5-15(17-11(3)20-24-12(17)4)19-18(23)14-9-21(13-6-7-13)10(2)8-16(14)22/h8-9,13,15H,5-7H2,1-4H3,(H,19,23)/t15-/m0/s1. The predicted octanol–water partition coefficient (Wildman–Crippen LogP) is 2.98. The lowest BCUT2D eigenvalue weighted by Crippen LogP contribution is -2.33. The van der Waals surface area contributed by atoms with E-state index in [2.05, 4.69) is 10.5 Å². The van der Waals surface area contributed by atoms with E-state index in [-0.39, 0.29) is 22.9 Å². The zero-order chi connectivity index (χ0) is 17.4. The fraction of sp³-hybridized carbons (Fsp3) is 0.500. The molecule has 128 valence electrons. The Balaban J connectivity index is 1.89. The quantitative estimate of drug-likeness (QED) is 0.915. The fourth-order valence-electron chi connectivity index (χ4n) is 3.17. The maximum absolute atomic E-state index is 12.7. The molecule has 2 heterocycles. The molecule has 3 rings (SSSR count). The van der Waals surface area contributed by atoms with Crippen LogP contribution in [-0.4, -0.2) is 15.6 Å². The van der Waals surface area contributed by atoms with E-state index in [0.717, 1.165) is 29.8 Å². The second kappa shape index (κ2) is 6.26. The first-order chi connectivity index (χ1) is 11.4. The monoisotopic (exact) mass is 329 g/mol. The minimum atomic E-state index is -0.346. The van der Waals surface area contributed by atoms with Crippen LogP contribution in [0.25, 0.3) is 0 Å². The number of aryl methyl sites for hydroxylation is 3. The molecule has 0 saturated heterocycles. The molecule has 6 heteroatoms. The highest BCUT2D eigenvalue weighted by Gasteiger charge is 2.27. The van der Waals surface area contributed by atoms with Crippen molar-refractivity contribution in [3.63, 3.8) is 0 Å². The van der Waals surface area contributed by atoms with E-state index in [4.69, 9.17) is 4.52 Å². The van der Waals surface area contributed by atoms with Gasteiger partial charge in [-0.25, -0.2) is 0 Å². The van der Waals surface area contributed by atoms with Gasteiger partial charge in [0, 0.05) is 29.6 Å². The number of nitrogens with zero attached hydrogens (tertiary/aromatic N) is 2. The molecule has 0 bridgehead atoms. The molecule has 0 spiro atoms. The van der Waals surface area contributed by atoms with Crippen molar-refractivity contribution in [2.24, 2.45) is 0 Å². The van der Waals surface area contributed by atoms with Gasteiger partial charge in [-0.1, -0.05) is 12.1 Å². The molecule has 1 N–H and O–H groups in total. The Labute approximate surface area is 140 Å². The summed E-state index contributed by atoms with van der Waals surface area (Å²) in [7, 11) is 0. The minimum Gasteiger partial charge on any atom is -0.361 e. The molecule has 6 nitrogen and oxygen atoms in total. The first-order valence-electron chi connectivity index (χ1n) is 8.38. The average molecular weight is 329 g/mol. The zero-order valence-corrected chi connectivity index (χ0v) is 14.5. The van der Waals surface area contributed by atoms with Gasteiger partial charge in [0.15, 0.2) is 5.43 Å². The molecule has 24 heavy (non-hydrogen) atoms. The van der Waals surface area contributed by atoms with Gasteiger partial charge in [-0.05, 0) is 40.0 Å². The Morgan fingerprint density at radius 2 is 2.12 bits per heavy atom. The summed E-state index contributed by atoms with van der Waals surface area (Å²) >= 11 is 0. The molecule has 2 aromatic rings. The molecular weight excluding hydrogens is 306 g/mol. The van der Waals surface area contributed by atoms with Crippen LogP contribution in [0.1, 0.15) is 71.3 Å². The largest absolute Gasteiger partial charge is 0.361 e. The Morgan fingerprint density at radius 1 is 1.42 bits per heavy atom. The number of nitrogens with one attached hydrogen (secondary N) is 1. The summed E-state index contributed by atoms with van der Waals surface area (Å²) in [6.07, 6.45) is 4.59. The summed E-state index contributed by atoms with van der Waals surface area (Å²) in [6, 6.07) is 1.74. The van der Waals surface area contributed by atoms with Gasteiger partial charge in [0.05, 0.1) is 11.7 Å². The van der Waals surface area contributed by atoms with Gasteiger partial charge in [-0.2, -0.15) is 0 Å². The summed E-state index contributed by atoms with van der Waals surface area (Å²) in [5.41, 5.74) is 2.50. The number of hydrogen-bond acceptors (Lipinski definition) is 4. The average Bonchev–Trinajstić information content (AvgIpc) is 3.31. The van der Waals surface area contributed by atoms with E-state index in [0.29, 0.717) is 18.2 Å². The molecule has 0 radical (unpaired) electrons. The maximum atomic E-state index is 12.7. The number of carbonyl (C=O) groups excluding carboxylic acids is 1. The van der Waals surface area contributed by atoms with Crippen molar-refractivity contribution >= 4 is 5.91 Å². The van der Waals surface area contributed by atoms with Crippen molar-refractivity contribution < 1.29 is 9.32 Å². The van der Waals surface area contributed by atoms with Crippen molar-refractivity contribution in [1.82, 2.24) is 15.0 Å². The maximum Gasteiger partial charge on any atom is 0.257 e. The number of pyridine rings is 1. The van der Waals surface area contributed by atoms with E-state index in [1.807, 2.05) is 32.3 Å². The summed E-state index contributed by atoms with van der Waals surface area (Å²) in [5.74, 6) is 0.347. The van der Waals surface area contributed by atoms with Crippen LogP contribution >= 0.6 is 0 Å². The Bertz CT molecular complexity index is 811. The van der Waals surface area contributed by atoms with Crippen LogP contribution < -0.4 is 10.7 Å². The highest BCUT2D eigenvalue weighted by Crippen LogP contribution is 2.35. The Hall–Kier alpha value is -2.37. The van der Waals surface area contributed by atoms with Gasteiger partial charge >= 0.3 is 0 Å². The number of rotatable bonds is 5. The van der Waals surface area contributed by atoms with Crippen molar-refractivity contribution in [2.75, 3.05) is 0 Å². The van der Waals surface area contributed by atoms with Crippen LogP contribution in [0, 0.1) is 20.8 Å². The number of amides is 1. The highest BCUT2D eigenvalue weighted by atomic mass is 16.5. The third kappa shape index (κ3) is 3.00. The number of aromatic nitrogens is 2. The molecule has 1 amide bonds. The Kier molecular flexibility index (Phi) is 4.30. The zero-order valence-electron chi connectivity index (χ0n) is 14.5. The first-order valence-corrected chi connectivity index (χ1v) is 8.38. The van der Waals surface area contributed by atoms with Crippen molar-refractivity contribution in [3.05, 3.63) is 50.8 Å². The summed E-state index contributed by atoms with van der Waals surface area (Å²) in [5, 5.41) is 6.91. The third-order valence-electron chi connectivity index (χ3n) is 4.62. The molecule has 0 aromatic carbocycles. The molecule has 2 aromatic heterocycles. The van der Waals surface area contributed by atoms with Gasteiger partial charge in [-0.3, -0.25) is 9.59 Å². The normalized spacial score (nSPS) is 15.3. The van der Waals surface area contributed by atoms with E-state index >= 15 is 0 Å². The van der Waals surface area contributed by atoms with Crippen molar-refractivity contribution in [2.45, 2.75) is 59.0 Å². The SMILES string of the molecule is CC[C@H](NC(=O)c1cn(C2CC2)c(C)cc1=O)c1c(C)noc1C. The lowest BCUT2D eigenvalue weighted by Gasteiger charge is -2.18.